The first-order valence-electron chi connectivity index (χ1n) is 10.3. The first-order valence-corrected chi connectivity index (χ1v) is 10.3. The molecule has 150 valence electrons. The first kappa shape index (κ1) is 20.6. The van der Waals surface area contributed by atoms with Crippen LogP contribution in [0.3, 0.4) is 0 Å². The number of nitrogens with zero attached hydrogens (tertiary/aromatic N) is 2. The predicted molar refractivity (Wildman–Crippen MR) is 123 cm³/mol. The van der Waals surface area contributed by atoms with Gasteiger partial charge in [-0.2, -0.15) is 0 Å². The zero-order valence-corrected chi connectivity index (χ0v) is 17.7. The van der Waals surface area contributed by atoms with E-state index in [1.807, 2.05) is 39.1 Å². The van der Waals surface area contributed by atoms with Gasteiger partial charge in [0.15, 0.2) is 5.82 Å². The van der Waals surface area contributed by atoms with Gasteiger partial charge in [0.2, 0.25) is 0 Å². The summed E-state index contributed by atoms with van der Waals surface area (Å²) >= 11 is 0. The topological polar surface area (TPSA) is 61.0 Å². The number of benzene rings is 2. The fraction of sp³-hybridized carbons (Fsp3) is 0.280. The number of fused-ring (bicyclic) bond motifs is 3. The Hall–Kier alpha value is -3.14. The molecule has 4 aromatic rings. The van der Waals surface area contributed by atoms with Crippen molar-refractivity contribution in [1.29, 1.82) is 0 Å². The lowest BCUT2D eigenvalue weighted by Crippen LogP contribution is -1.98. The van der Waals surface area contributed by atoms with Crippen molar-refractivity contribution >= 4 is 27.6 Å². The van der Waals surface area contributed by atoms with E-state index in [4.69, 9.17) is 10.5 Å². The lowest BCUT2D eigenvalue weighted by Gasteiger charge is -2.09. The van der Waals surface area contributed by atoms with Gasteiger partial charge in [0.25, 0.3) is 0 Å². The van der Waals surface area contributed by atoms with E-state index in [0.29, 0.717) is 12.4 Å². The highest BCUT2D eigenvalue weighted by molar-refractivity contribution is 6.08. The summed E-state index contributed by atoms with van der Waals surface area (Å²) in [7, 11) is 0. The number of ether oxygens (including phenoxy) is 1. The molecule has 4 heteroatoms. The van der Waals surface area contributed by atoms with Gasteiger partial charge in [0.1, 0.15) is 11.3 Å². The molecule has 4 nitrogen and oxygen atoms in total. The van der Waals surface area contributed by atoms with Crippen LogP contribution < -0.4 is 10.5 Å². The number of pyridine rings is 2. The summed E-state index contributed by atoms with van der Waals surface area (Å²) < 4.78 is 5.50. The second-order valence-electron chi connectivity index (χ2n) is 6.83. The molecule has 0 spiro atoms. The Bertz CT molecular complexity index is 1100. The fourth-order valence-electron chi connectivity index (χ4n) is 3.41. The van der Waals surface area contributed by atoms with Crippen molar-refractivity contribution in [3.63, 3.8) is 0 Å². The molecule has 0 bridgehead atoms. The van der Waals surface area contributed by atoms with Crippen molar-refractivity contribution in [1.82, 2.24) is 9.97 Å². The van der Waals surface area contributed by atoms with Crippen LogP contribution in [0.4, 0.5) is 5.82 Å². The van der Waals surface area contributed by atoms with E-state index in [1.54, 1.807) is 0 Å². The smallest absolute Gasteiger partial charge is 0.150 e. The maximum absolute atomic E-state index is 6.14. The van der Waals surface area contributed by atoms with Gasteiger partial charge in [0.05, 0.1) is 12.1 Å². The van der Waals surface area contributed by atoms with Crippen molar-refractivity contribution in [2.45, 2.75) is 40.5 Å². The standard InChI is InChI=1S/C23H23N3O.C2H6/c1-3-27-18-9-7-16(8-10-18)5-6-17-13-20-19-11-4-15(2)12-21(19)26-23(24)22(20)25-14-17;1-2/h4,7-14H,3,5-6H2,1-2H3,(H2,24,26);1-2H3. The highest BCUT2D eigenvalue weighted by Crippen LogP contribution is 2.28. The molecule has 0 fully saturated rings. The number of nitrogens with two attached hydrogens (primary N) is 1. The summed E-state index contributed by atoms with van der Waals surface area (Å²) in [6, 6.07) is 16.8. The van der Waals surface area contributed by atoms with Crippen LogP contribution in [0.15, 0.2) is 54.7 Å². The second-order valence-corrected chi connectivity index (χ2v) is 6.83. The molecule has 0 amide bonds. The third-order valence-corrected chi connectivity index (χ3v) is 4.81. The van der Waals surface area contributed by atoms with Crippen LogP contribution in [0.2, 0.25) is 0 Å². The first-order chi connectivity index (χ1) is 14.1. The van der Waals surface area contributed by atoms with Crippen LogP contribution in [0, 0.1) is 6.92 Å². The zero-order valence-electron chi connectivity index (χ0n) is 17.7. The summed E-state index contributed by atoms with van der Waals surface area (Å²) in [4.78, 5) is 9.11. The number of hydrogen-bond acceptors (Lipinski definition) is 4. The van der Waals surface area contributed by atoms with E-state index in [-0.39, 0.29) is 0 Å². The summed E-state index contributed by atoms with van der Waals surface area (Å²) in [5.74, 6) is 1.40. The molecule has 29 heavy (non-hydrogen) atoms. The number of nitrogen functional groups attached to an aromatic ring is 1. The molecular formula is C25H29N3O. The minimum Gasteiger partial charge on any atom is -0.494 e. The van der Waals surface area contributed by atoms with E-state index in [2.05, 4.69) is 53.3 Å². The van der Waals surface area contributed by atoms with Crippen molar-refractivity contribution < 1.29 is 4.74 Å². The SMILES string of the molecule is CC.CCOc1ccc(CCc2cnc3c(N)nc4cc(C)ccc4c3c2)cc1. The normalized spacial score (nSPS) is 10.6. The Morgan fingerprint density at radius 3 is 2.34 bits per heavy atom. The molecule has 0 atom stereocenters. The Balaban J connectivity index is 0.00000117. The van der Waals surface area contributed by atoms with Gasteiger partial charge in [-0.05, 0) is 67.6 Å². The second kappa shape index (κ2) is 9.37. The summed E-state index contributed by atoms with van der Waals surface area (Å²) in [6.45, 7) is 8.74. The van der Waals surface area contributed by atoms with Gasteiger partial charge in [-0.1, -0.05) is 38.1 Å². The number of anilines is 1. The Labute approximate surface area is 172 Å². The van der Waals surface area contributed by atoms with Gasteiger partial charge < -0.3 is 10.5 Å². The van der Waals surface area contributed by atoms with E-state index in [1.165, 1.54) is 16.7 Å². The third kappa shape index (κ3) is 4.65. The van der Waals surface area contributed by atoms with Crippen molar-refractivity contribution in [2.24, 2.45) is 0 Å². The summed E-state index contributed by atoms with van der Waals surface area (Å²) in [5.41, 5.74) is 11.5. The van der Waals surface area contributed by atoms with Crippen LogP contribution >= 0.6 is 0 Å². The van der Waals surface area contributed by atoms with Crippen LogP contribution in [0.25, 0.3) is 21.8 Å². The van der Waals surface area contributed by atoms with Crippen LogP contribution in [-0.4, -0.2) is 16.6 Å². The number of rotatable bonds is 5. The molecule has 4 rings (SSSR count). The van der Waals surface area contributed by atoms with Crippen LogP contribution in [0.5, 0.6) is 5.75 Å². The van der Waals surface area contributed by atoms with E-state index < -0.39 is 0 Å². The quantitative estimate of drug-likeness (QED) is 0.434. The molecule has 2 aromatic heterocycles. The van der Waals surface area contributed by atoms with Gasteiger partial charge in [-0.3, -0.25) is 4.98 Å². The van der Waals surface area contributed by atoms with Crippen LogP contribution in [-0.2, 0) is 12.8 Å². The van der Waals surface area contributed by atoms with Crippen molar-refractivity contribution in [3.8, 4) is 5.75 Å². The number of aromatic nitrogens is 2. The molecule has 0 saturated heterocycles. The Kier molecular flexibility index (Phi) is 6.65. The molecule has 0 aliphatic carbocycles. The van der Waals surface area contributed by atoms with Crippen molar-refractivity contribution in [2.75, 3.05) is 12.3 Å². The molecular weight excluding hydrogens is 358 g/mol. The Morgan fingerprint density at radius 2 is 1.62 bits per heavy atom. The molecule has 0 aliphatic rings. The predicted octanol–water partition coefficient (Wildman–Crippen LogP) is 5.88. The number of hydrogen-bond donors (Lipinski definition) is 1. The van der Waals surface area contributed by atoms with Crippen LogP contribution in [0.1, 0.15) is 37.5 Å². The molecule has 0 radical (unpaired) electrons. The van der Waals surface area contributed by atoms with Gasteiger partial charge in [-0.15, -0.1) is 0 Å². The number of aryl methyl sites for hydroxylation is 3. The van der Waals surface area contributed by atoms with Gasteiger partial charge in [-0.25, -0.2) is 4.98 Å². The average molecular weight is 388 g/mol. The van der Waals surface area contributed by atoms with Gasteiger partial charge >= 0.3 is 0 Å². The van der Waals surface area contributed by atoms with Crippen molar-refractivity contribution in [3.05, 3.63) is 71.4 Å². The monoisotopic (exact) mass is 387 g/mol. The molecule has 2 aromatic carbocycles. The Morgan fingerprint density at radius 1 is 0.897 bits per heavy atom. The van der Waals surface area contributed by atoms with E-state index >= 15 is 0 Å². The molecule has 2 heterocycles. The maximum Gasteiger partial charge on any atom is 0.150 e. The lowest BCUT2D eigenvalue weighted by molar-refractivity contribution is 0.340. The third-order valence-electron chi connectivity index (χ3n) is 4.81. The summed E-state index contributed by atoms with van der Waals surface area (Å²) in [5, 5.41) is 2.17. The lowest BCUT2D eigenvalue weighted by atomic mass is 10.0. The minimum absolute atomic E-state index is 0.487. The highest BCUT2D eigenvalue weighted by atomic mass is 16.5. The molecule has 0 saturated carbocycles. The molecule has 0 aliphatic heterocycles. The molecule has 2 N–H and O–H groups in total. The van der Waals surface area contributed by atoms with Gasteiger partial charge in [0, 0.05) is 17.0 Å². The van der Waals surface area contributed by atoms with E-state index in [9.17, 15) is 0 Å². The van der Waals surface area contributed by atoms with E-state index in [0.717, 1.165) is 40.4 Å². The maximum atomic E-state index is 6.14. The largest absolute Gasteiger partial charge is 0.494 e. The average Bonchev–Trinajstić information content (AvgIpc) is 2.74. The fourth-order valence-corrected chi connectivity index (χ4v) is 3.41. The molecule has 0 unspecified atom stereocenters. The minimum atomic E-state index is 0.487. The zero-order chi connectivity index (χ0) is 20.8. The summed E-state index contributed by atoms with van der Waals surface area (Å²) in [6.07, 6.45) is 3.79. The highest BCUT2D eigenvalue weighted by Gasteiger charge is 2.09.